The van der Waals surface area contributed by atoms with Gasteiger partial charge in [0.05, 0.1) is 16.8 Å². The summed E-state index contributed by atoms with van der Waals surface area (Å²) >= 11 is 0. The van der Waals surface area contributed by atoms with Crippen LogP contribution in [0.5, 0.6) is 0 Å². The molecular formula is C90H189Ho9N9O9. The minimum absolute atomic E-state index is 0. The Bertz CT molecular complexity index is 2520. The maximum Gasteiger partial charge on any atom is 0.104 e. The van der Waals surface area contributed by atoms with Crippen molar-refractivity contribution in [1.29, 1.82) is 0 Å². The molecule has 747 valence electrons. The van der Waals surface area contributed by atoms with Gasteiger partial charge in [0, 0.05) is 450 Å². The van der Waals surface area contributed by atoms with E-state index in [4.69, 9.17) is 0 Å². The van der Waals surface area contributed by atoms with Crippen LogP contribution < -0.4 is 0 Å². The van der Waals surface area contributed by atoms with Crippen LogP contribution in [0.15, 0.2) is 44.9 Å². The van der Waals surface area contributed by atoms with Crippen LogP contribution in [0.25, 0.3) is 0 Å². The third-order valence-electron chi connectivity index (χ3n) is 20.5. The van der Waals surface area contributed by atoms with Crippen molar-refractivity contribution in [2.75, 3.05) is 40.8 Å². The second kappa shape index (κ2) is 95.7. The third kappa shape index (κ3) is 79.9. The molecule has 6 atom stereocenters. The average Bonchev–Trinajstić information content (AvgIpc) is 0.851. The summed E-state index contributed by atoms with van der Waals surface area (Å²) in [5.41, 5.74) is 1.59. The largest absolute Gasteiger partial charge is 0.384 e. The van der Waals surface area contributed by atoms with Crippen molar-refractivity contribution < 1.29 is 386 Å². The maximum absolute atomic E-state index is 10.4. The number of hydrogen-bond donors (Lipinski definition) is 9. The van der Waals surface area contributed by atoms with E-state index < -0.39 is 50.4 Å². The fraction of sp³-hybridized carbons (Fsp3) is 0.900. The Morgan fingerprint density at radius 2 is 0.419 bits per heavy atom. The van der Waals surface area contributed by atoms with Crippen molar-refractivity contribution in [2.24, 2.45) is 62.7 Å². The van der Waals surface area contributed by atoms with Crippen LogP contribution in [0.4, 0.5) is 0 Å². The van der Waals surface area contributed by atoms with Gasteiger partial charge in [0.2, 0.25) is 0 Å². The first kappa shape index (κ1) is 168. The van der Waals surface area contributed by atoms with E-state index in [9.17, 15) is 46.0 Å². The van der Waals surface area contributed by atoms with E-state index in [0.717, 1.165) is 206 Å². The predicted molar refractivity (Wildman–Crippen MR) is 484 cm³/mol. The van der Waals surface area contributed by atoms with Crippen molar-refractivity contribution >= 4 is 51.4 Å². The third-order valence-corrected chi connectivity index (χ3v) is 20.5. The van der Waals surface area contributed by atoms with Gasteiger partial charge < -0.3 is 46.0 Å². The molecule has 0 aliphatic heterocycles. The van der Waals surface area contributed by atoms with Crippen molar-refractivity contribution in [3.05, 3.63) is 0 Å². The SMILES string of the molecule is CCC(O)(C(C)=NC(C)C)C(C)C.CCC(O)(C(C)=NC)C(C)C.CCCC(C)(O)C(C)=NC.CCCC(C)(O)C(C)=NC(C)C.CCCC(C)(O)C(C)=NCC.CCCC(O)(CCC)C(C)=NC.CCCC(O)(CCC)C(C)=NC(C)C.CCCC(O)(CCC)C(C)=NCC.CCN=C(C)C(O)(CC)C(C)C.[Ho].[Ho].[Ho].[Ho].[Ho].[Ho].[Ho].[Ho].[Ho]. The van der Waals surface area contributed by atoms with Crippen LogP contribution in [-0.4, -0.2) is 207 Å². The van der Waals surface area contributed by atoms with Crippen LogP contribution in [0.3, 0.4) is 0 Å². The van der Waals surface area contributed by atoms with E-state index in [1.165, 1.54) is 0 Å². The van der Waals surface area contributed by atoms with Gasteiger partial charge in [-0.1, -0.05) is 182 Å². The van der Waals surface area contributed by atoms with Crippen LogP contribution in [-0.2, 0) is 0 Å². The summed E-state index contributed by atoms with van der Waals surface area (Å²) < 4.78 is 0. The van der Waals surface area contributed by atoms with Crippen LogP contribution in [0.1, 0.15) is 405 Å². The summed E-state index contributed by atoms with van der Waals surface area (Å²) in [6.45, 7) is 79.9. The zero-order valence-electron chi connectivity index (χ0n) is 82.2. The first-order valence-corrected chi connectivity index (χ1v) is 42.5. The van der Waals surface area contributed by atoms with E-state index in [1.807, 2.05) is 201 Å². The molecule has 0 amide bonds. The van der Waals surface area contributed by atoms with Gasteiger partial charge >= 0.3 is 0 Å². The Morgan fingerprint density at radius 3 is 0.632 bits per heavy atom. The van der Waals surface area contributed by atoms with Crippen molar-refractivity contribution in [3.63, 3.8) is 0 Å². The summed E-state index contributed by atoms with van der Waals surface area (Å²) in [4.78, 5) is 38.0. The minimum atomic E-state index is -0.718. The van der Waals surface area contributed by atoms with E-state index in [-0.39, 0.29) is 376 Å². The molecule has 117 heavy (non-hydrogen) atoms. The van der Waals surface area contributed by atoms with Gasteiger partial charge in [0.25, 0.3) is 0 Å². The number of aliphatic hydroxyl groups is 9. The van der Waals surface area contributed by atoms with Crippen molar-refractivity contribution in [2.45, 2.75) is 473 Å². The standard InChI is InChI=1S/C12H25NO.2C11H23NO.3C10H21NO.2C9H19NO.C8H17NO.9Ho/c1-6-8-12(14,9-7-2)11(5)13-10(3)4;1-7-11(13,8(2)3)10(6)12-9(4)5;1-5-8-11(13,9-6-2)10(4)12-7-3;1-6-7-10(5,12)9(4)11-8(2)3;1-6-10(12,8(3)4)9(5)11-7-2;1-5-7-10(12,8-6-2)9(3)11-4;1-6-9(11,7(2)3)8(4)10-5;1-5-7-9(4,11)8(3)10-6-2;1-5-6-8(3,10)7(2)9-4;;;;;;;;;/h10,14H,6-9H2,1-5H3;8-9,13H,7H2,1-6H3;13H,5-9H2,1-4H3;2*8,12H,6-7H2,1-5H3;12H,5-8H2,1-4H3;7,11H,6H2,1-5H3;11H,5-7H2,1-4H3;10H,5-6H2,1-4H3;;;;;;;;;. The number of nitrogens with zero attached hydrogens (tertiary/aromatic N) is 9. The summed E-state index contributed by atoms with van der Waals surface area (Å²) in [5, 5.41) is 90.6. The molecule has 9 radical (unpaired) electrons. The molecular weight excluding hydrogens is 2840 g/mol. The van der Waals surface area contributed by atoms with Crippen LogP contribution in [0.2, 0.25) is 0 Å². The average molecular weight is 3030 g/mol. The molecule has 0 fully saturated rings. The Labute approximate surface area is 996 Å². The Balaban J connectivity index is -0.0000000584. The number of hydrogen-bond acceptors (Lipinski definition) is 18. The quantitative estimate of drug-likeness (QED) is 0.0209. The van der Waals surface area contributed by atoms with E-state index in [2.05, 4.69) is 107 Å². The van der Waals surface area contributed by atoms with Crippen LogP contribution in [0, 0.1) is 357 Å². The van der Waals surface area contributed by atoms with Gasteiger partial charge in [-0.2, -0.15) is 0 Å². The van der Waals surface area contributed by atoms with E-state index >= 15 is 0 Å². The Hall–Kier alpha value is 8.01. The molecule has 0 bridgehead atoms. The van der Waals surface area contributed by atoms with Crippen molar-refractivity contribution in [1.82, 2.24) is 0 Å². The molecule has 0 spiro atoms. The smallest absolute Gasteiger partial charge is 0.104 e. The minimum Gasteiger partial charge on any atom is -0.384 e. The molecule has 0 aromatic heterocycles. The summed E-state index contributed by atoms with van der Waals surface area (Å²) in [5.74, 6) is 0.689. The second-order valence-corrected chi connectivity index (χ2v) is 32.0. The van der Waals surface area contributed by atoms with Gasteiger partial charge in [-0.3, -0.25) is 44.9 Å². The maximum atomic E-state index is 10.4. The molecule has 18 nitrogen and oxygen atoms in total. The molecule has 0 heterocycles. The van der Waals surface area contributed by atoms with Crippen LogP contribution >= 0.6 is 0 Å². The van der Waals surface area contributed by atoms with Gasteiger partial charge in [0.1, 0.15) is 33.6 Å². The molecule has 27 heteroatoms. The summed E-state index contributed by atoms with van der Waals surface area (Å²) in [6.07, 6.45) is 18.5. The zero-order chi connectivity index (χ0) is 87.5. The predicted octanol–water partition coefficient (Wildman–Crippen LogP) is 21.2. The zero-order valence-corrected chi connectivity index (χ0v) is 99.6. The normalized spacial score (nSPS) is 15.3. The topological polar surface area (TPSA) is 293 Å². The first-order valence-electron chi connectivity index (χ1n) is 42.5. The molecule has 0 aromatic carbocycles. The van der Waals surface area contributed by atoms with Gasteiger partial charge in [0.15, 0.2) is 0 Å². The molecule has 0 saturated carbocycles. The van der Waals surface area contributed by atoms with Gasteiger partial charge in [-0.25, -0.2) is 0 Å². The fourth-order valence-corrected chi connectivity index (χ4v) is 12.5. The molecule has 9 N–H and O–H groups in total. The van der Waals surface area contributed by atoms with Gasteiger partial charge in [-0.05, 0) is 240 Å². The first-order chi connectivity index (χ1) is 49.5. The molecule has 0 aromatic rings. The monoisotopic (exact) mass is 3020 g/mol. The second-order valence-electron chi connectivity index (χ2n) is 32.0. The Morgan fingerprint density at radius 1 is 0.231 bits per heavy atom. The number of aliphatic imine (C=N–C) groups is 9. The van der Waals surface area contributed by atoms with Gasteiger partial charge in [-0.15, -0.1) is 0 Å². The fourth-order valence-electron chi connectivity index (χ4n) is 12.5. The molecule has 0 saturated heterocycles. The molecule has 0 rings (SSSR count). The molecule has 0 aliphatic carbocycles. The van der Waals surface area contributed by atoms with E-state index in [0.29, 0.717) is 0 Å². The van der Waals surface area contributed by atoms with E-state index in [1.54, 1.807) is 28.1 Å². The molecule has 0 aliphatic rings. The Kier molecular flexibility index (Phi) is 137. The van der Waals surface area contributed by atoms with Crippen molar-refractivity contribution in [3.8, 4) is 0 Å². The summed E-state index contributed by atoms with van der Waals surface area (Å²) in [6, 6.07) is 0.806. The molecule has 6 unspecified atom stereocenters. The summed E-state index contributed by atoms with van der Waals surface area (Å²) in [7, 11) is 5.17. The number of rotatable bonds is 39.